The van der Waals surface area contributed by atoms with Gasteiger partial charge in [0.05, 0.1) is 18.8 Å². The second-order valence-corrected chi connectivity index (χ2v) is 4.65. The number of nitrogen functional groups attached to an aromatic ring is 1. The summed E-state index contributed by atoms with van der Waals surface area (Å²) in [5.74, 6) is 2.17. The van der Waals surface area contributed by atoms with E-state index in [-0.39, 0.29) is 0 Å². The van der Waals surface area contributed by atoms with Gasteiger partial charge in [0.25, 0.3) is 0 Å². The van der Waals surface area contributed by atoms with E-state index in [1.54, 1.807) is 0 Å². The number of benzene rings is 1. The highest BCUT2D eigenvalue weighted by atomic mass is 16.5. The molecule has 0 amide bonds. The van der Waals surface area contributed by atoms with Gasteiger partial charge in [0.15, 0.2) is 5.82 Å². The van der Waals surface area contributed by atoms with Gasteiger partial charge in [-0.15, -0.1) is 5.10 Å². The SMILES string of the molecule is CCCc1c(N)nnn1CCOc1ccc(OCC)cc1. The molecule has 0 aliphatic carbocycles. The van der Waals surface area contributed by atoms with Crippen LogP contribution in [0.1, 0.15) is 26.0 Å². The minimum atomic E-state index is 0.512. The molecule has 2 N–H and O–H groups in total. The lowest BCUT2D eigenvalue weighted by Crippen LogP contribution is -2.12. The molecule has 1 aromatic carbocycles. The van der Waals surface area contributed by atoms with Crippen molar-refractivity contribution in [3.8, 4) is 11.5 Å². The lowest BCUT2D eigenvalue weighted by molar-refractivity contribution is 0.286. The van der Waals surface area contributed by atoms with E-state index in [1.165, 1.54) is 0 Å². The van der Waals surface area contributed by atoms with Gasteiger partial charge < -0.3 is 15.2 Å². The Morgan fingerprint density at radius 1 is 1.10 bits per heavy atom. The van der Waals surface area contributed by atoms with Gasteiger partial charge in [-0.2, -0.15) is 0 Å². The van der Waals surface area contributed by atoms with Crippen molar-refractivity contribution in [1.29, 1.82) is 0 Å². The van der Waals surface area contributed by atoms with Gasteiger partial charge in [0.2, 0.25) is 0 Å². The van der Waals surface area contributed by atoms with Gasteiger partial charge in [-0.25, -0.2) is 4.68 Å². The molecule has 0 saturated carbocycles. The second kappa shape index (κ2) is 7.52. The number of hydrogen-bond donors (Lipinski definition) is 1. The van der Waals surface area contributed by atoms with Crippen LogP contribution in [0.25, 0.3) is 0 Å². The van der Waals surface area contributed by atoms with Crippen molar-refractivity contribution < 1.29 is 9.47 Å². The fourth-order valence-electron chi connectivity index (χ4n) is 2.07. The van der Waals surface area contributed by atoms with Gasteiger partial charge in [0, 0.05) is 0 Å². The number of ether oxygens (including phenoxy) is 2. The summed E-state index contributed by atoms with van der Waals surface area (Å²) in [5, 5.41) is 7.96. The average Bonchev–Trinajstić information content (AvgIpc) is 2.83. The Kier molecular flexibility index (Phi) is 5.43. The summed E-state index contributed by atoms with van der Waals surface area (Å²) < 4.78 is 12.9. The van der Waals surface area contributed by atoms with Crippen molar-refractivity contribution in [1.82, 2.24) is 15.0 Å². The minimum absolute atomic E-state index is 0.512. The summed E-state index contributed by atoms with van der Waals surface area (Å²) in [4.78, 5) is 0. The molecule has 6 heteroatoms. The Balaban J connectivity index is 1.86. The van der Waals surface area contributed by atoms with Gasteiger partial charge in [-0.3, -0.25) is 0 Å². The average molecular weight is 290 g/mol. The summed E-state index contributed by atoms with van der Waals surface area (Å²) in [6.07, 6.45) is 1.89. The zero-order valence-corrected chi connectivity index (χ0v) is 12.6. The maximum Gasteiger partial charge on any atom is 0.169 e. The molecular weight excluding hydrogens is 268 g/mol. The third-order valence-electron chi connectivity index (χ3n) is 3.06. The van der Waals surface area contributed by atoms with E-state index in [4.69, 9.17) is 15.2 Å². The zero-order chi connectivity index (χ0) is 15.1. The molecule has 0 aliphatic heterocycles. The van der Waals surface area contributed by atoms with Crippen LogP contribution in [0, 0.1) is 0 Å². The van der Waals surface area contributed by atoms with Crippen molar-refractivity contribution in [2.45, 2.75) is 33.2 Å². The number of rotatable bonds is 8. The molecular formula is C15H22N4O2. The first-order valence-corrected chi connectivity index (χ1v) is 7.28. The van der Waals surface area contributed by atoms with Gasteiger partial charge in [-0.05, 0) is 37.6 Å². The Morgan fingerprint density at radius 2 is 1.76 bits per heavy atom. The van der Waals surface area contributed by atoms with Crippen LogP contribution >= 0.6 is 0 Å². The molecule has 21 heavy (non-hydrogen) atoms. The quantitative estimate of drug-likeness (QED) is 0.807. The van der Waals surface area contributed by atoms with Crippen LogP contribution in [0.4, 0.5) is 5.82 Å². The largest absolute Gasteiger partial charge is 0.494 e. The maximum absolute atomic E-state index is 5.81. The predicted octanol–water partition coefficient (Wildman–Crippen LogP) is 2.29. The molecule has 0 fully saturated rings. The number of hydrogen-bond acceptors (Lipinski definition) is 5. The molecule has 6 nitrogen and oxygen atoms in total. The first-order valence-electron chi connectivity index (χ1n) is 7.28. The molecule has 0 atom stereocenters. The number of nitrogens with two attached hydrogens (primary N) is 1. The summed E-state index contributed by atoms with van der Waals surface area (Å²) in [7, 11) is 0. The van der Waals surface area contributed by atoms with Crippen LogP contribution in [0.15, 0.2) is 24.3 Å². The van der Waals surface area contributed by atoms with E-state index in [9.17, 15) is 0 Å². The highest BCUT2D eigenvalue weighted by Gasteiger charge is 2.08. The molecule has 2 aromatic rings. The van der Waals surface area contributed by atoms with Crippen LogP contribution < -0.4 is 15.2 Å². The summed E-state index contributed by atoms with van der Waals surface area (Å²) in [6.45, 7) is 5.88. The lowest BCUT2D eigenvalue weighted by atomic mass is 10.2. The molecule has 0 bridgehead atoms. The summed E-state index contributed by atoms with van der Waals surface area (Å²) in [5.41, 5.74) is 6.79. The molecule has 0 saturated heterocycles. The Labute approximate surface area is 124 Å². The van der Waals surface area contributed by atoms with Crippen molar-refractivity contribution in [2.75, 3.05) is 18.9 Å². The molecule has 0 radical (unpaired) electrons. The second-order valence-electron chi connectivity index (χ2n) is 4.65. The monoisotopic (exact) mass is 290 g/mol. The highest BCUT2D eigenvalue weighted by Crippen LogP contribution is 2.17. The topological polar surface area (TPSA) is 75.2 Å². The third kappa shape index (κ3) is 4.11. The van der Waals surface area contributed by atoms with Crippen LogP contribution in [0.2, 0.25) is 0 Å². The van der Waals surface area contributed by atoms with Gasteiger partial charge >= 0.3 is 0 Å². The predicted molar refractivity (Wildman–Crippen MR) is 81.5 cm³/mol. The maximum atomic E-state index is 5.81. The van der Waals surface area contributed by atoms with Crippen LogP contribution in [-0.2, 0) is 13.0 Å². The van der Waals surface area contributed by atoms with Gasteiger partial charge in [0.1, 0.15) is 18.1 Å². The summed E-state index contributed by atoms with van der Waals surface area (Å²) in [6, 6.07) is 7.59. The van der Waals surface area contributed by atoms with Crippen LogP contribution in [0.5, 0.6) is 11.5 Å². The smallest absolute Gasteiger partial charge is 0.169 e. The molecule has 0 aliphatic rings. The van der Waals surface area contributed by atoms with Crippen molar-refractivity contribution in [3.05, 3.63) is 30.0 Å². The Morgan fingerprint density at radius 3 is 2.38 bits per heavy atom. The normalized spacial score (nSPS) is 10.6. The van der Waals surface area contributed by atoms with E-state index < -0.39 is 0 Å². The van der Waals surface area contributed by atoms with Crippen molar-refractivity contribution in [3.63, 3.8) is 0 Å². The summed E-state index contributed by atoms with van der Waals surface area (Å²) >= 11 is 0. The molecule has 2 rings (SSSR count). The van der Waals surface area contributed by atoms with E-state index >= 15 is 0 Å². The zero-order valence-electron chi connectivity index (χ0n) is 12.6. The Bertz CT molecular complexity index is 551. The van der Waals surface area contributed by atoms with Gasteiger partial charge in [-0.1, -0.05) is 18.6 Å². The number of aromatic nitrogens is 3. The molecule has 0 spiro atoms. The standard InChI is InChI=1S/C15H22N4O2/c1-3-5-14-15(16)17-18-19(14)10-11-21-13-8-6-12(7-9-13)20-4-2/h6-9H,3-5,10-11,16H2,1-2H3. The molecule has 1 heterocycles. The highest BCUT2D eigenvalue weighted by molar-refractivity contribution is 5.33. The number of anilines is 1. The fourth-order valence-corrected chi connectivity index (χ4v) is 2.07. The van der Waals surface area contributed by atoms with E-state index in [0.717, 1.165) is 30.0 Å². The minimum Gasteiger partial charge on any atom is -0.494 e. The molecule has 114 valence electrons. The lowest BCUT2D eigenvalue weighted by Gasteiger charge is -2.09. The van der Waals surface area contributed by atoms with Crippen LogP contribution in [-0.4, -0.2) is 28.2 Å². The third-order valence-corrected chi connectivity index (χ3v) is 3.06. The fraction of sp³-hybridized carbons (Fsp3) is 0.467. The molecule has 0 unspecified atom stereocenters. The van der Waals surface area contributed by atoms with Crippen molar-refractivity contribution >= 4 is 5.82 Å². The Hall–Kier alpha value is -2.24. The van der Waals surface area contributed by atoms with Crippen LogP contribution in [0.3, 0.4) is 0 Å². The molecule has 1 aromatic heterocycles. The van der Waals surface area contributed by atoms with Crippen molar-refractivity contribution in [2.24, 2.45) is 0 Å². The van der Waals surface area contributed by atoms with E-state index in [0.29, 0.717) is 25.6 Å². The van der Waals surface area contributed by atoms with E-state index in [2.05, 4.69) is 17.2 Å². The number of nitrogens with zero attached hydrogens (tertiary/aromatic N) is 3. The first-order chi connectivity index (χ1) is 10.2. The first kappa shape index (κ1) is 15.2. The van der Waals surface area contributed by atoms with E-state index in [1.807, 2.05) is 35.9 Å².